The minimum absolute atomic E-state index is 0.0261. The average molecular weight is 401 g/mol. The Balaban J connectivity index is 1.72. The van der Waals surface area contributed by atoms with Gasteiger partial charge in [-0.05, 0) is 73.7 Å². The van der Waals surface area contributed by atoms with E-state index in [-0.39, 0.29) is 28.9 Å². The summed E-state index contributed by atoms with van der Waals surface area (Å²) in [6.07, 6.45) is 3.40. The van der Waals surface area contributed by atoms with Gasteiger partial charge in [-0.1, -0.05) is 19.9 Å². The number of hydrogen-bond donors (Lipinski definition) is 1. The van der Waals surface area contributed by atoms with Crippen LogP contribution in [0.25, 0.3) is 0 Å². The van der Waals surface area contributed by atoms with Crippen LogP contribution in [-0.4, -0.2) is 44.7 Å². The van der Waals surface area contributed by atoms with Gasteiger partial charge in [-0.2, -0.15) is 0 Å². The molecule has 4 rings (SSSR count). The molecule has 1 aromatic carbocycles. The van der Waals surface area contributed by atoms with Crippen molar-refractivity contribution in [2.24, 2.45) is 22.7 Å². The van der Waals surface area contributed by atoms with Gasteiger partial charge in [0, 0.05) is 31.7 Å². The maximum absolute atomic E-state index is 12.1. The van der Waals surface area contributed by atoms with E-state index >= 15 is 0 Å². The van der Waals surface area contributed by atoms with E-state index in [1.54, 1.807) is 14.0 Å². The molecule has 2 aliphatic carbocycles. The highest BCUT2D eigenvalue weighted by Gasteiger charge is 2.68. The highest BCUT2D eigenvalue weighted by molar-refractivity contribution is 5.73. The molecule has 1 aliphatic heterocycles. The SMILES string of the molecule is COc1ccc(CN(C)C)cc1[C@H]1OCCC23C[C@@H](C[C@H]12)C(C)(C)[C@H]3NC(C)=O. The molecule has 0 radical (unpaired) electrons. The molecular weight excluding hydrogens is 364 g/mol. The number of methoxy groups -OCH3 is 1. The van der Waals surface area contributed by atoms with Crippen molar-refractivity contribution in [3.8, 4) is 5.75 Å². The van der Waals surface area contributed by atoms with Crippen LogP contribution < -0.4 is 10.1 Å². The first kappa shape index (κ1) is 20.7. The van der Waals surface area contributed by atoms with Crippen LogP contribution in [-0.2, 0) is 16.1 Å². The van der Waals surface area contributed by atoms with Crippen LogP contribution in [0.5, 0.6) is 5.75 Å². The summed E-state index contributed by atoms with van der Waals surface area (Å²) in [6, 6.07) is 6.71. The lowest BCUT2D eigenvalue weighted by atomic mass is 9.58. The number of rotatable bonds is 5. The van der Waals surface area contributed by atoms with Crippen LogP contribution in [0.15, 0.2) is 18.2 Å². The molecule has 1 saturated heterocycles. The largest absolute Gasteiger partial charge is 0.496 e. The Morgan fingerprint density at radius 3 is 2.76 bits per heavy atom. The van der Waals surface area contributed by atoms with Crippen molar-refractivity contribution < 1.29 is 14.3 Å². The second-order valence-electron chi connectivity index (χ2n) is 10.3. The van der Waals surface area contributed by atoms with Gasteiger partial charge in [0.25, 0.3) is 0 Å². The summed E-state index contributed by atoms with van der Waals surface area (Å²) in [5.74, 6) is 2.02. The monoisotopic (exact) mass is 400 g/mol. The number of carbonyl (C=O) groups excluding carboxylic acids is 1. The first-order chi connectivity index (χ1) is 13.7. The Morgan fingerprint density at radius 2 is 2.10 bits per heavy atom. The lowest BCUT2D eigenvalue weighted by Crippen LogP contribution is -2.58. The van der Waals surface area contributed by atoms with E-state index in [1.807, 2.05) is 0 Å². The van der Waals surface area contributed by atoms with Gasteiger partial charge in [-0.25, -0.2) is 0 Å². The van der Waals surface area contributed by atoms with Gasteiger partial charge in [0.05, 0.1) is 13.2 Å². The van der Waals surface area contributed by atoms with Crippen molar-refractivity contribution in [3.63, 3.8) is 0 Å². The molecule has 1 heterocycles. The minimum Gasteiger partial charge on any atom is -0.496 e. The molecule has 3 aliphatic rings. The topological polar surface area (TPSA) is 50.8 Å². The van der Waals surface area contributed by atoms with Crippen molar-refractivity contribution in [1.29, 1.82) is 0 Å². The molecular formula is C24H36N2O3. The fraction of sp³-hybridized carbons (Fsp3) is 0.708. The number of fused-ring (bicyclic) bond motifs is 1. The summed E-state index contributed by atoms with van der Waals surface area (Å²) >= 11 is 0. The van der Waals surface area contributed by atoms with Crippen LogP contribution in [0.2, 0.25) is 0 Å². The molecule has 2 saturated carbocycles. The zero-order chi connectivity index (χ0) is 21.0. The average Bonchev–Trinajstić information content (AvgIpc) is 3.13. The molecule has 1 spiro atoms. The van der Waals surface area contributed by atoms with Crippen molar-refractivity contribution in [2.75, 3.05) is 27.8 Å². The van der Waals surface area contributed by atoms with Gasteiger partial charge in [0.1, 0.15) is 5.75 Å². The molecule has 1 amide bonds. The molecule has 1 unspecified atom stereocenters. The molecule has 1 N–H and O–H groups in total. The van der Waals surface area contributed by atoms with Crippen LogP contribution in [0, 0.1) is 22.7 Å². The van der Waals surface area contributed by atoms with Crippen molar-refractivity contribution in [1.82, 2.24) is 10.2 Å². The number of amides is 1. The summed E-state index contributed by atoms with van der Waals surface area (Å²) in [4.78, 5) is 14.2. The number of nitrogens with zero attached hydrogens (tertiary/aromatic N) is 1. The number of benzene rings is 1. The van der Waals surface area contributed by atoms with Gasteiger partial charge >= 0.3 is 0 Å². The maximum Gasteiger partial charge on any atom is 0.217 e. The summed E-state index contributed by atoms with van der Waals surface area (Å²) in [6.45, 7) is 7.96. The minimum atomic E-state index is 0.0261. The molecule has 5 atom stereocenters. The van der Waals surface area contributed by atoms with Crippen LogP contribution in [0.4, 0.5) is 0 Å². The third-order valence-corrected chi connectivity index (χ3v) is 7.95. The Hall–Kier alpha value is -1.59. The van der Waals surface area contributed by atoms with Crippen LogP contribution in [0.1, 0.15) is 57.3 Å². The molecule has 5 heteroatoms. The summed E-state index contributed by atoms with van der Waals surface area (Å²) < 4.78 is 12.2. The second-order valence-corrected chi connectivity index (χ2v) is 10.3. The second kappa shape index (κ2) is 7.28. The predicted molar refractivity (Wildman–Crippen MR) is 114 cm³/mol. The highest BCUT2D eigenvalue weighted by atomic mass is 16.5. The van der Waals surface area contributed by atoms with Crippen molar-refractivity contribution in [3.05, 3.63) is 29.3 Å². The maximum atomic E-state index is 12.1. The van der Waals surface area contributed by atoms with Gasteiger partial charge in [-0.3, -0.25) is 4.79 Å². The molecule has 5 nitrogen and oxygen atoms in total. The highest BCUT2D eigenvalue weighted by Crippen LogP contribution is 2.70. The first-order valence-electron chi connectivity index (χ1n) is 10.9. The van der Waals surface area contributed by atoms with Crippen molar-refractivity contribution in [2.45, 2.75) is 58.7 Å². The van der Waals surface area contributed by atoms with E-state index in [0.717, 1.165) is 31.7 Å². The zero-order valence-corrected chi connectivity index (χ0v) is 18.7. The third-order valence-electron chi connectivity index (χ3n) is 7.95. The fourth-order valence-electron chi connectivity index (χ4n) is 6.77. The molecule has 29 heavy (non-hydrogen) atoms. The standard InChI is InChI=1S/C24H36N2O3/c1-15(27)25-22-23(2,3)17-12-19-21(29-10-9-24(19,22)13-17)18-11-16(14-26(4)5)7-8-20(18)28-6/h7-8,11,17,19,21-22H,9-10,12-14H2,1-6H3,(H,25,27)/t17-,19-,21-,22-,24?/m1/s1. The first-order valence-corrected chi connectivity index (χ1v) is 10.9. The lowest BCUT2D eigenvalue weighted by molar-refractivity contribution is -0.136. The molecule has 3 fully saturated rings. The lowest BCUT2D eigenvalue weighted by Gasteiger charge is -2.53. The van der Waals surface area contributed by atoms with E-state index in [2.05, 4.69) is 56.4 Å². The van der Waals surface area contributed by atoms with Crippen LogP contribution in [0.3, 0.4) is 0 Å². The number of hydrogen-bond acceptors (Lipinski definition) is 4. The van der Waals surface area contributed by atoms with Gasteiger partial charge in [-0.15, -0.1) is 0 Å². The number of ether oxygens (including phenoxy) is 2. The Morgan fingerprint density at radius 1 is 1.34 bits per heavy atom. The molecule has 1 aromatic rings. The smallest absolute Gasteiger partial charge is 0.217 e. The zero-order valence-electron chi connectivity index (χ0n) is 18.7. The Bertz CT molecular complexity index is 790. The normalized spacial score (nSPS) is 34.9. The molecule has 2 bridgehead atoms. The van der Waals surface area contributed by atoms with Crippen LogP contribution >= 0.6 is 0 Å². The number of carbonyl (C=O) groups is 1. The van der Waals surface area contributed by atoms with E-state index in [0.29, 0.717) is 11.8 Å². The van der Waals surface area contributed by atoms with E-state index in [1.165, 1.54) is 17.5 Å². The fourth-order valence-corrected chi connectivity index (χ4v) is 6.77. The van der Waals surface area contributed by atoms with Gasteiger partial charge in [0.2, 0.25) is 5.91 Å². The molecule has 0 aromatic heterocycles. The van der Waals surface area contributed by atoms with E-state index < -0.39 is 0 Å². The Labute approximate surface area is 175 Å². The predicted octanol–water partition coefficient (Wildman–Crippen LogP) is 3.78. The Kier molecular flexibility index (Phi) is 5.19. The van der Waals surface area contributed by atoms with E-state index in [9.17, 15) is 4.79 Å². The van der Waals surface area contributed by atoms with Gasteiger partial charge < -0.3 is 19.7 Å². The van der Waals surface area contributed by atoms with E-state index in [4.69, 9.17) is 9.47 Å². The summed E-state index contributed by atoms with van der Waals surface area (Å²) in [5.41, 5.74) is 2.69. The molecule has 160 valence electrons. The summed E-state index contributed by atoms with van der Waals surface area (Å²) in [5, 5.41) is 3.36. The number of nitrogens with one attached hydrogen (secondary N) is 1. The summed E-state index contributed by atoms with van der Waals surface area (Å²) in [7, 11) is 5.92. The quantitative estimate of drug-likeness (QED) is 0.817. The van der Waals surface area contributed by atoms with Crippen molar-refractivity contribution >= 4 is 5.91 Å². The third kappa shape index (κ3) is 3.27. The van der Waals surface area contributed by atoms with Gasteiger partial charge in [0.15, 0.2) is 0 Å².